The van der Waals surface area contributed by atoms with Crippen molar-refractivity contribution in [1.29, 1.82) is 0 Å². The number of carbonyl (C=O) groups is 1. The molecule has 2 aromatic carbocycles. The van der Waals surface area contributed by atoms with Crippen molar-refractivity contribution in [1.82, 2.24) is 4.31 Å². The second-order valence-electron chi connectivity index (χ2n) is 8.39. The van der Waals surface area contributed by atoms with Gasteiger partial charge in [-0.3, -0.25) is 14.9 Å². The van der Waals surface area contributed by atoms with Crippen LogP contribution in [-0.4, -0.2) is 43.2 Å². The number of carbonyl (C=O) groups excluding carboxylic acids is 1. The molecular weight excluding hydrogens is 432 g/mol. The Labute approximate surface area is 187 Å². The molecule has 0 unspecified atom stereocenters. The highest BCUT2D eigenvalue weighted by Gasteiger charge is 2.32. The molecule has 0 aliphatic carbocycles. The monoisotopic (exact) mass is 458 g/mol. The fraction of sp³-hybridized carbons (Fsp3) is 0.409. The molecule has 1 amide bonds. The number of benzene rings is 2. The molecule has 170 valence electrons. The SMILES string of the molecule is C[C@@H]1CCCN(S(=O)(=O)c2ccc(NCC[C@@H]3C(=O)Nc4ccccc43)c([N+](=O)[O-])c2)C1. The lowest BCUT2D eigenvalue weighted by atomic mass is 9.97. The van der Waals surface area contributed by atoms with E-state index in [-0.39, 0.29) is 34.0 Å². The van der Waals surface area contributed by atoms with Crippen LogP contribution in [0.25, 0.3) is 0 Å². The molecule has 0 radical (unpaired) electrons. The summed E-state index contributed by atoms with van der Waals surface area (Å²) in [6, 6.07) is 11.4. The summed E-state index contributed by atoms with van der Waals surface area (Å²) in [4.78, 5) is 23.3. The number of fused-ring (bicyclic) bond motifs is 1. The van der Waals surface area contributed by atoms with Gasteiger partial charge in [-0.1, -0.05) is 25.1 Å². The van der Waals surface area contributed by atoms with Gasteiger partial charge in [-0.05, 0) is 48.9 Å². The number of nitro groups is 1. The predicted molar refractivity (Wildman–Crippen MR) is 121 cm³/mol. The highest BCUT2D eigenvalue weighted by atomic mass is 32.2. The highest BCUT2D eigenvalue weighted by Crippen LogP contribution is 2.35. The van der Waals surface area contributed by atoms with Gasteiger partial charge in [-0.25, -0.2) is 8.42 Å². The smallest absolute Gasteiger partial charge is 0.293 e. The first kappa shape index (κ1) is 22.2. The molecule has 2 aliphatic heterocycles. The van der Waals surface area contributed by atoms with E-state index in [2.05, 4.69) is 10.6 Å². The fourth-order valence-electron chi connectivity index (χ4n) is 4.40. The molecule has 4 rings (SSSR count). The summed E-state index contributed by atoms with van der Waals surface area (Å²) in [5.41, 5.74) is 1.63. The maximum Gasteiger partial charge on any atom is 0.293 e. The van der Waals surface area contributed by atoms with Crippen LogP contribution in [0.15, 0.2) is 47.4 Å². The second kappa shape index (κ2) is 8.87. The number of nitro benzene ring substituents is 1. The maximum atomic E-state index is 13.0. The summed E-state index contributed by atoms with van der Waals surface area (Å²) >= 11 is 0. The lowest BCUT2D eigenvalue weighted by Crippen LogP contribution is -2.39. The Balaban J connectivity index is 1.49. The van der Waals surface area contributed by atoms with Gasteiger partial charge in [0, 0.05) is 31.4 Å². The Kier molecular flexibility index (Phi) is 6.16. The van der Waals surface area contributed by atoms with Crippen molar-refractivity contribution >= 4 is 33.0 Å². The standard InChI is InChI=1S/C22H26N4O5S/c1-15-5-4-12-25(14-15)32(30,31)16-8-9-20(21(13-16)26(28)29)23-11-10-18-17-6-2-3-7-19(17)24-22(18)27/h2-3,6-9,13,15,18,23H,4-5,10-12,14H2,1H3,(H,24,27)/t15-,18+/m1/s1. The topological polar surface area (TPSA) is 122 Å². The first-order valence-electron chi connectivity index (χ1n) is 10.7. The van der Waals surface area contributed by atoms with Crippen LogP contribution in [0.3, 0.4) is 0 Å². The minimum Gasteiger partial charge on any atom is -0.379 e. The number of anilines is 2. The molecule has 0 spiro atoms. The van der Waals surface area contributed by atoms with Crippen molar-refractivity contribution in [3.63, 3.8) is 0 Å². The van der Waals surface area contributed by atoms with Crippen LogP contribution in [0.1, 0.15) is 37.7 Å². The van der Waals surface area contributed by atoms with Gasteiger partial charge in [0.25, 0.3) is 5.69 Å². The molecule has 0 saturated carbocycles. The number of sulfonamides is 1. The third-order valence-electron chi connectivity index (χ3n) is 6.08. The van der Waals surface area contributed by atoms with Crippen LogP contribution in [0.5, 0.6) is 0 Å². The van der Waals surface area contributed by atoms with Gasteiger partial charge in [0.2, 0.25) is 15.9 Å². The van der Waals surface area contributed by atoms with Crippen LogP contribution >= 0.6 is 0 Å². The average molecular weight is 459 g/mol. The number of nitrogens with one attached hydrogen (secondary N) is 2. The van der Waals surface area contributed by atoms with Gasteiger partial charge in [-0.2, -0.15) is 4.31 Å². The molecule has 2 aliphatic rings. The number of rotatable bonds is 7. The number of piperidine rings is 1. The molecule has 32 heavy (non-hydrogen) atoms. The van der Waals surface area contributed by atoms with E-state index >= 15 is 0 Å². The molecule has 2 heterocycles. The Morgan fingerprint density at radius 3 is 2.78 bits per heavy atom. The van der Waals surface area contributed by atoms with Gasteiger partial charge in [0.15, 0.2) is 0 Å². The summed E-state index contributed by atoms with van der Waals surface area (Å²) in [5, 5.41) is 17.5. The zero-order valence-corrected chi connectivity index (χ0v) is 18.6. The predicted octanol–water partition coefficient (Wildman–Crippen LogP) is 3.55. The quantitative estimate of drug-likeness (QED) is 0.483. The van der Waals surface area contributed by atoms with Gasteiger partial charge in [-0.15, -0.1) is 0 Å². The molecule has 2 aromatic rings. The van der Waals surface area contributed by atoms with Crippen LogP contribution in [0.4, 0.5) is 17.1 Å². The van der Waals surface area contributed by atoms with E-state index in [0.29, 0.717) is 26.1 Å². The minimum absolute atomic E-state index is 0.0760. The summed E-state index contributed by atoms with van der Waals surface area (Å²) in [5.74, 6) is -0.175. The van der Waals surface area contributed by atoms with Crippen molar-refractivity contribution in [3.05, 3.63) is 58.1 Å². The molecule has 2 atom stereocenters. The van der Waals surface area contributed by atoms with Crippen molar-refractivity contribution in [2.45, 2.75) is 37.0 Å². The van der Waals surface area contributed by atoms with Crippen molar-refractivity contribution in [3.8, 4) is 0 Å². The zero-order valence-electron chi connectivity index (χ0n) is 17.8. The van der Waals surface area contributed by atoms with E-state index in [1.54, 1.807) is 0 Å². The summed E-state index contributed by atoms with van der Waals surface area (Å²) < 4.78 is 27.4. The van der Waals surface area contributed by atoms with Gasteiger partial charge in [0.05, 0.1) is 15.7 Å². The first-order chi connectivity index (χ1) is 15.3. The number of hydrogen-bond acceptors (Lipinski definition) is 6. The highest BCUT2D eigenvalue weighted by molar-refractivity contribution is 7.89. The molecule has 0 bridgehead atoms. The van der Waals surface area contributed by atoms with Crippen LogP contribution in [-0.2, 0) is 14.8 Å². The Morgan fingerprint density at radius 1 is 1.25 bits per heavy atom. The Hall–Kier alpha value is -2.98. The number of amides is 1. The minimum atomic E-state index is -3.79. The van der Waals surface area contributed by atoms with Gasteiger partial charge in [0.1, 0.15) is 5.69 Å². The van der Waals surface area contributed by atoms with E-state index in [0.717, 1.165) is 30.2 Å². The lowest BCUT2D eigenvalue weighted by molar-refractivity contribution is -0.384. The van der Waals surface area contributed by atoms with Crippen molar-refractivity contribution in [2.75, 3.05) is 30.3 Å². The molecule has 1 fully saturated rings. The van der Waals surface area contributed by atoms with E-state index in [1.165, 1.54) is 16.4 Å². The number of nitrogens with zero attached hydrogens (tertiary/aromatic N) is 2. The number of hydrogen-bond donors (Lipinski definition) is 2. The molecule has 9 nitrogen and oxygen atoms in total. The van der Waals surface area contributed by atoms with Gasteiger partial charge >= 0.3 is 0 Å². The molecule has 0 aromatic heterocycles. The molecule has 1 saturated heterocycles. The first-order valence-corrected chi connectivity index (χ1v) is 12.1. The van der Waals surface area contributed by atoms with Crippen LogP contribution in [0, 0.1) is 16.0 Å². The summed E-state index contributed by atoms with van der Waals surface area (Å²) in [7, 11) is -3.79. The molecule has 2 N–H and O–H groups in total. The Morgan fingerprint density at radius 2 is 2.03 bits per heavy atom. The maximum absolute atomic E-state index is 13.0. The van der Waals surface area contributed by atoms with Crippen LogP contribution in [0.2, 0.25) is 0 Å². The van der Waals surface area contributed by atoms with E-state index < -0.39 is 14.9 Å². The zero-order chi connectivity index (χ0) is 22.9. The molecular formula is C22H26N4O5S. The van der Waals surface area contributed by atoms with E-state index in [1.807, 2.05) is 31.2 Å². The summed E-state index contributed by atoms with van der Waals surface area (Å²) in [6.07, 6.45) is 2.20. The number of para-hydroxylation sites is 1. The van der Waals surface area contributed by atoms with Crippen LogP contribution < -0.4 is 10.6 Å². The van der Waals surface area contributed by atoms with E-state index in [4.69, 9.17) is 0 Å². The normalized spacial score (nSPS) is 21.1. The van der Waals surface area contributed by atoms with E-state index in [9.17, 15) is 23.3 Å². The largest absolute Gasteiger partial charge is 0.379 e. The third kappa shape index (κ3) is 4.33. The molecule has 10 heteroatoms. The second-order valence-corrected chi connectivity index (χ2v) is 10.3. The van der Waals surface area contributed by atoms with Crippen molar-refractivity contribution in [2.24, 2.45) is 5.92 Å². The lowest BCUT2D eigenvalue weighted by Gasteiger charge is -2.30. The average Bonchev–Trinajstić information content (AvgIpc) is 3.09. The fourth-order valence-corrected chi connectivity index (χ4v) is 6.02. The third-order valence-corrected chi connectivity index (χ3v) is 7.94. The van der Waals surface area contributed by atoms with Crippen molar-refractivity contribution < 1.29 is 18.1 Å². The van der Waals surface area contributed by atoms with Gasteiger partial charge < -0.3 is 10.6 Å². The summed E-state index contributed by atoms with van der Waals surface area (Å²) in [6.45, 7) is 3.16. The Bertz CT molecular complexity index is 1150.